The first-order chi connectivity index (χ1) is 16.5. The van der Waals surface area contributed by atoms with Crippen molar-refractivity contribution in [3.8, 4) is 0 Å². The molecule has 0 spiro atoms. The summed E-state index contributed by atoms with van der Waals surface area (Å²) in [6.45, 7) is 8.88. The summed E-state index contributed by atoms with van der Waals surface area (Å²) < 4.78 is 15.3. The van der Waals surface area contributed by atoms with E-state index in [9.17, 15) is 14.4 Å². The van der Waals surface area contributed by atoms with Gasteiger partial charge in [-0.3, -0.25) is 14.9 Å². The molecule has 0 unspecified atom stereocenters. The number of hydrogen-bond donors (Lipinski definition) is 1. The van der Waals surface area contributed by atoms with Crippen LogP contribution in [0, 0.1) is 5.82 Å². The van der Waals surface area contributed by atoms with Crippen molar-refractivity contribution in [3.63, 3.8) is 0 Å². The number of allylic oxidation sites excluding steroid dienone is 1. The van der Waals surface area contributed by atoms with Crippen LogP contribution in [0.15, 0.2) is 42.0 Å². The van der Waals surface area contributed by atoms with Gasteiger partial charge in [-0.1, -0.05) is 42.3 Å². The fourth-order valence-electron chi connectivity index (χ4n) is 4.55. The average Bonchev–Trinajstić information content (AvgIpc) is 2.77. The maximum absolute atomic E-state index is 15.3. The van der Waals surface area contributed by atoms with E-state index in [1.807, 2.05) is 6.92 Å². The number of nitrogens with one attached hydrogen (secondary N) is 1. The molecule has 0 radical (unpaired) electrons. The van der Waals surface area contributed by atoms with Crippen LogP contribution in [0.5, 0.6) is 0 Å². The minimum atomic E-state index is -0.969. The van der Waals surface area contributed by atoms with Gasteiger partial charge in [-0.15, -0.1) is 0 Å². The van der Waals surface area contributed by atoms with Crippen LogP contribution in [0.25, 0.3) is 11.6 Å². The number of nitrogens with zero attached hydrogens (tertiary/aromatic N) is 2. The molecule has 0 aromatic heterocycles. The largest absolute Gasteiger partial charge is 0.362 e. The Morgan fingerprint density at radius 1 is 1.11 bits per heavy atom. The Labute approximate surface area is 213 Å². The highest BCUT2D eigenvalue weighted by atomic mass is 35.5. The van der Waals surface area contributed by atoms with Crippen molar-refractivity contribution in [3.05, 3.63) is 69.0 Å². The van der Waals surface area contributed by atoms with E-state index in [2.05, 4.69) is 37.1 Å². The maximum Gasteiger partial charge on any atom is 0.336 e. The van der Waals surface area contributed by atoms with Crippen LogP contribution in [-0.2, 0) is 9.59 Å². The average molecular weight is 516 g/mol. The molecule has 2 aromatic carbocycles. The number of carbonyl (C=O) groups excluding carboxylic acids is 3. The van der Waals surface area contributed by atoms with Crippen molar-refractivity contribution in [2.24, 2.45) is 0 Å². The highest BCUT2D eigenvalue weighted by Crippen LogP contribution is 2.41. The molecular formula is C26H24Cl2FN3O3. The van der Waals surface area contributed by atoms with Gasteiger partial charge in [-0.25, -0.2) is 14.1 Å². The Bertz CT molecular complexity index is 1330. The van der Waals surface area contributed by atoms with E-state index in [-0.39, 0.29) is 26.8 Å². The predicted octanol–water partition coefficient (Wildman–Crippen LogP) is 6.21. The van der Waals surface area contributed by atoms with Crippen LogP contribution in [0.1, 0.15) is 45.2 Å². The SMILES string of the molecule is CCCN1c2cc(F)c(/C=C3/C(=O)NC(=O)N(c4cccc(Cl)c4Cl)C3=O)cc2C(C)=CC1(C)C. The molecule has 0 atom stereocenters. The normalized spacial score (nSPS) is 18.5. The Morgan fingerprint density at radius 2 is 1.83 bits per heavy atom. The van der Waals surface area contributed by atoms with Gasteiger partial charge in [0.15, 0.2) is 0 Å². The van der Waals surface area contributed by atoms with Crippen molar-refractivity contribution in [2.75, 3.05) is 16.3 Å². The third-order valence-electron chi connectivity index (χ3n) is 6.12. The first-order valence-electron chi connectivity index (χ1n) is 11.1. The highest BCUT2D eigenvalue weighted by molar-refractivity contribution is 6.46. The number of halogens is 3. The molecule has 2 aliphatic heterocycles. The number of urea groups is 1. The van der Waals surface area contributed by atoms with Crippen molar-refractivity contribution in [1.29, 1.82) is 0 Å². The lowest BCUT2D eigenvalue weighted by molar-refractivity contribution is -0.122. The molecule has 6 nitrogen and oxygen atoms in total. The second kappa shape index (κ2) is 9.13. The number of amides is 4. The molecule has 35 heavy (non-hydrogen) atoms. The van der Waals surface area contributed by atoms with Crippen LogP contribution in [-0.4, -0.2) is 29.9 Å². The predicted molar refractivity (Wildman–Crippen MR) is 137 cm³/mol. The summed E-state index contributed by atoms with van der Waals surface area (Å²) in [6, 6.07) is 6.53. The van der Waals surface area contributed by atoms with E-state index < -0.39 is 29.2 Å². The Hall–Kier alpha value is -3.16. The summed E-state index contributed by atoms with van der Waals surface area (Å²) in [4.78, 5) is 41.2. The van der Waals surface area contributed by atoms with Gasteiger partial charge in [0.25, 0.3) is 11.8 Å². The minimum absolute atomic E-state index is 0.0159. The van der Waals surface area contributed by atoms with Gasteiger partial charge >= 0.3 is 6.03 Å². The van der Waals surface area contributed by atoms with Crippen LogP contribution in [0.4, 0.5) is 20.6 Å². The topological polar surface area (TPSA) is 69.7 Å². The van der Waals surface area contributed by atoms with E-state index in [0.717, 1.165) is 35.9 Å². The molecule has 2 aromatic rings. The van der Waals surface area contributed by atoms with Gasteiger partial charge in [0.05, 0.1) is 21.3 Å². The number of hydrogen-bond acceptors (Lipinski definition) is 4. The summed E-state index contributed by atoms with van der Waals surface area (Å²) >= 11 is 12.2. The molecule has 0 bridgehead atoms. The second-order valence-electron chi connectivity index (χ2n) is 9.05. The lowest BCUT2D eigenvalue weighted by atomic mass is 9.87. The Kier molecular flexibility index (Phi) is 6.51. The van der Waals surface area contributed by atoms with Gasteiger partial charge in [-0.2, -0.15) is 0 Å². The second-order valence-corrected chi connectivity index (χ2v) is 9.84. The zero-order chi connectivity index (χ0) is 25.7. The van der Waals surface area contributed by atoms with Gasteiger partial charge < -0.3 is 4.90 Å². The van der Waals surface area contributed by atoms with Crippen LogP contribution >= 0.6 is 23.2 Å². The molecule has 0 saturated carbocycles. The molecule has 1 fully saturated rings. The quantitative estimate of drug-likeness (QED) is 0.388. The monoisotopic (exact) mass is 515 g/mol. The van der Waals surface area contributed by atoms with E-state index in [0.29, 0.717) is 4.90 Å². The van der Waals surface area contributed by atoms with Crippen LogP contribution in [0.2, 0.25) is 10.0 Å². The lowest BCUT2D eigenvalue weighted by Gasteiger charge is -2.43. The molecule has 2 aliphatic rings. The van der Waals surface area contributed by atoms with Crippen molar-refractivity contribution in [2.45, 2.75) is 39.7 Å². The van der Waals surface area contributed by atoms with Gasteiger partial charge in [0.2, 0.25) is 0 Å². The maximum atomic E-state index is 15.3. The standard InChI is InChI=1S/C26H24Cl2FN3O3/c1-5-9-31-21-12-19(29)15(10-16(21)14(2)13-26(31,3)4)11-17-23(33)30-25(35)32(24(17)34)20-8-6-7-18(27)22(20)28/h6-8,10-13H,5,9H2,1-4H3,(H,30,33,35)/b17-11-. The minimum Gasteiger partial charge on any atom is -0.362 e. The zero-order valence-electron chi connectivity index (χ0n) is 19.7. The van der Waals surface area contributed by atoms with Crippen molar-refractivity contribution >= 4 is 64.1 Å². The summed E-state index contributed by atoms with van der Waals surface area (Å²) in [5.74, 6) is -2.44. The highest BCUT2D eigenvalue weighted by Gasteiger charge is 2.38. The van der Waals surface area contributed by atoms with E-state index >= 15 is 4.39 Å². The molecule has 4 rings (SSSR count). The molecule has 2 heterocycles. The van der Waals surface area contributed by atoms with Crippen LogP contribution in [0.3, 0.4) is 0 Å². The Balaban J connectivity index is 1.81. The number of barbiturate groups is 1. The number of anilines is 2. The summed E-state index contributed by atoms with van der Waals surface area (Å²) in [5.41, 5.74) is 1.89. The van der Waals surface area contributed by atoms with E-state index in [1.54, 1.807) is 6.07 Å². The van der Waals surface area contributed by atoms with Gasteiger partial charge in [0, 0.05) is 23.4 Å². The third-order valence-corrected chi connectivity index (χ3v) is 6.93. The Morgan fingerprint density at radius 3 is 2.51 bits per heavy atom. The zero-order valence-corrected chi connectivity index (χ0v) is 21.2. The molecule has 1 N–H and O–H groups in total. The van der Waals surface area contributed by atoms with Crippen molar-refractivity contribution < 1.29 is 18.8 Å². The molecule has 4 amide bonds. The lowest BCUT2D eigenvalue weighted by Crippen LogP contribution is -2.54. The smallest absolute Gasteiger partial charge is 0.336 e. The van der Waals surface area contributed by atoms with E-state index in [1.165, 1.54) is 24.3 Å². The molecule has 0 aliphatic carbocycles. The van der Waals surface area contributed by atoms with Gasteiger partial charge in [0.1, 0.15) is 11.4 Å². The third kappa shape index (κ3) is 4.34. The number of imide groups is 2. The fraction of sp³-hybridized carbons (Fsp3) is 0.269. The van der Waals surface area contributed by atoms with E-state index in [4.69, 9.17) is 23.2 Å². The number of benzene rings is 2. The molecular weight excluding hydrogens is 492 g/mol. The first-order valence-corrected chi connectivity index (χ1v) is 11.9. The van der Waals surface area contributed by atoms with Gasteiger partial charge in [-0.05, 0) is 63.1 Å². The summed E-state index contributed by atoms with van der Waals surface area (Å²) in [5, 5.41) is 2.23. The molecule has 182 valence electrons. The molecule has 9 heteroatoms. The number of rotatable bonds is 4. The first kappa shape index (κ1) is 24.9. The number of fused-ring (bicyclic) bond motifs is 1. The number of carbonyl (C=O) groups is 3. The van der Waals surface area contributed by atoms with Crippen LogP contribution < -0.4 is 15.1 Å². The fourth-order valence-corrected chi connectivity index (χ4v) is 4.93. The summed E-state index contributed by atoms with van der Waals surface area (Å²) in [6.07, 6.45) is 4.15. The van der Waals surface area contributed by atoms with Crippen molar-refractivity contribution in [1.82, 2.24) is 5.32 Å². The molecule has 1 saturated heterocycles. The summed E-state index contributed by atoms with van der Waals surface area (Å²) in [7, 11) is 0.